The number of nitrogens with one attached hydrogen (secondary N) is 6. The average Bonchev–Trinajstić information content (AvgIpc) is 4.04. The number of H-pyrrole nitrogens is 3. The average molecular weight is 839 g/mol. The normalized spacial score (nSPS) is 12.4. The van der Waals surface area contributed by atoms with Crippen molar-refractivity contribution in [2.24, 2.45) is 0 Å². The maximum atomic E-state index is 13.1. The van der Waals surface area contributed by atoms with Gasteiger partial charge in [-0.05, 0) is 87.2 Å². The number of hydrogen-bond acceptors (Lipinski definition) is 7. The van der Waals surface area contributed by atoms with Crippen molar-refractivity contribution >= 4 is 63.2 Å². The number of aromatic nitrogens is 5. The van der Waals surface area contributed by atoms with E-state index in [0.717, 1.165) is 44.4 Å². The third-order valence-corrected chi connectivity index (χ3v) is 10.7. The second-order valence-electron chi connectivity index (χ2n) is 14.9. The first-order chi connectivity index (χ1) is 29.4. The molecule has 0 saturated carbocycles. The van der Waals surface area contributed by atoms with Crippen LogP contribution in [0.5, 0.6) is 0 Å². The summed E-state index contributed by atoms with van der Waals surface area (Å²) in [6, 6.07) is 27.2. The van der Waals surface area contributed by atoms with Crippen LogP contribution in [-0.2, 0) is 6.42 Å². The van der Waals surface area contributed by atoms with E-state index >= 15 is 0 Å². The predicted molar refractivity (Wildman–Crippen MR) is 239 cm³/mol. The number of amides is 4. The van der Waals surface area contributed by atoms with Crippen LogP contribution in [0, 0.1) is 27.7 Å². The molecule has 14 nitrogen and oxygen atoms in total. The summed E-state index contributed by atoms with van der Waals surface area (Å²) in [5.74, 6) is -1.42. The van der Waals surface area contributed by atoms with Gasteiger partial charge in [-0.2, -0.15) is 0 Å². The summed E-state index contributed by atoms with van der Waals surface area (Å²) in [5.41, 5.74) is 9.28. The van der Waals surface area contributed by atoms with Crippen LogP contribution >= 0.6 is 11.6 Å². The number of anilines is 3. The highest BCUT2D eigenvalue weighted by molar-refractivity contribution is 6.30. The summed E-state index contributed by atoms with van der Waals surface area (Å²) >= 11 is 6.09. The van der Waals surface area contributed by atoms with Gasteiger partial charge in [0.15, 0.2) is 11.4 Å². The summed E-state index contributed by atoms with van der Waals surface area (Å²) in [6.45, 7) is 10.7. The van der Waals surface area contributed by atoms with E-state index in [9.17, 15) is 19.2 Å². The van der Waals surface area contributed by atoms with Crippen molar-refractivity contribution in [1.29, 1.82) is 0 Å². The van der Waals surface area contributed by atoms with Crippen LogP contribution < -0.4 is 20.9 Å². The number of imidazole rings is 2. The van der Waals surface area contributed by atoms with Gasteiger partial charge in [0.1, 0.15) is 11.4 Å². The zero-order valence-electron chi connectivity index (χ0n) is 34.4. The molecule has 0 atom stereocenters. The van der Waals surface area contributed by atoms with Crippen molar-refractivity contribution in [3.05, 3.63) is 159 Å². The summed E-state index contributed by atoms with van der Waals surface area (Å²) in [4.78, 5) is 72.1. The summed E-state index contributed by atoms with van der Waals surface area (Å²) in [5, 5.41) is 10.4. The molecule has 4 heterocycles. The first-order valence-corrected chi connectivity index (χ1v) is 20.3. The number of carbonyl (C=O) groups excluding carboxylic acids is 4. The molecule has 1 fully saturated rings. The van der Waals surface area contributed by atoms with Gasteiger partial charge in [-0.1, -0.05) is 71.3 Å². The summed E-state index contributed by atoms with van der Waals surface area (Å²) in [7, 11) is 0. The van der Waals surface area contributed by atoms with E-state index in [2.05, 4.69) is 45.8 Å². The molecule has 3 aromatic heterocycles. The van der Waals surface area contributed by atoms with Crippen LogP contribution in [0.4, 0.5) is 17.1 Å². The van der Waals surface area contributed by atoms with Gasteiger partial charge >= 0.3 is 0 Å². The minimum absolute atomic E-state index is 0.0690. The zero-order valence-corrected chi connectivity index (χ0v) is 35.1. The Hall–Kier alpha value is -7.19. The number of carbonyl (C=O) groups is 4. The van der Waals surface area contributed by atoms with Crippen molar-refractivity contribution in [2.75, 3.05) is 48.3 Å². The van der Waals surface area contributed by atoms with Crippen molar-refractivity contribution in [1.82, 2.24) is 35.1 Å². The molecule has 7 aromatic rings. The molecule has 0 unspecified atom stereocenters. The standard InChI is InChI=1S/C23H24ClN5O2.C23H23N5O2/c1-15-6-7-19(16(2)12-15)27-22(30)20-21(26-14-25-20)23(31)29-10-8-28(9-11-29)18-5-3-4-17(24)13-18;1-14-7-8-18(15(2)11-14)28-23(30)21-20(26-13-27-21)22(29)24-10-9-16-12-25-19-6-4-3-5-17(16)19/h3-7,12-14H,8-11H2,1-2H3,(H,25,26)(H,27,30);3-8,11-13,25H,9-10H2,1-2H3,(H,24,29)(H,26,27)(H,28,30). The zero-order chi connectivity index (χ0) is 43.0. The van der Waals surface area contributed by atoms with Crippen molar-refractivity contribution < 1.29 is 19.2 Å². The van der Waals surface area contributed by atoms with Gasteiger partial charge in [0.2, 0.25) is 0 Å². The minimum Gasteiger partial charge on any atom is -0.368 e. The molecule has 0 aliphatic carbocycles. The highest BCUT2D eigenvalue weighted by Gasteiger charge is 2.28. The molecular weight excluding hydrogens is 792 g/mol. The Labute approximate surface area is 358 Å². The first kappa shape index (κ1) is 42.0. The van der Waals surface area contributed by atoms with Gasteiger partial charge < -0.3 is 40.7 Å². The Morgan fingerprint density at radius 3 is 1.90 bits per heavy atom. The van der Waals surface area contributed by atoms with E-state index in [0.29, 0.717) is 55.5 Å². The van der Waals surface area contributed by atoms with Crippen LogP contribution in [0.15, 0.2) is 104 Å². The summed E-state index contributed by atoms with van der Waals surface area (Å²) < 4.78 is 0. The van der Waals surface area contributed by atoms with Crippen molar-refractivity contribution in [3.63, 3.8) is 0 Å². The predicted octanol–water partition coefficient (Wildman–Crippen LogP) is 7.63. The topological polar surface area (TPSA) is 184 Å². The van der Waals surface area contributed by atoms with Gasteiger partial charge in [0.25, 0.3) is 23.6 Å². The number of piperazine rings is 1. The smallest absolute Gasteiger partial charge is 0.276 e. The molecule has 61 heavy (non-hydrogen) atoms. The van der Waals surface area contributed by atoms with E-state index in [1.165, 1.54) is 12.7 Å². The van der Waals surface area contributed by atoms with Gasteiger partial charge in [-0.15, -0.1) is 0 Å². The van der Waals surface area contributed by atoms with Gasteiger partial charge in [0.05, 0.1) is 12.7 Å². The number of hydrogen-bond donors (Lipinski definition) is 6. The van der Waals surface area contributed by atoms with Crippen LogP contribution in [0.25, 0.3) is 10.9 Å². The SMILES string of the molecule is Cc1ccc(NC(=O)c2nc[nH]c2C(=O)N2CCN(c3cccc(Cl)c3)CC2)c(C)c1.Cc1ccc(NC(=O)c2nc[nH]c2C(=O)NCCc2c[nH]c3ccccc23)c(C)c1. The third kappa shape index (κ3) is 9.99. The highest BCUT2D eigenvalue weighted by Crippen LogP contribution is 2.23. The van der Waals surface area contributed by atoms with E-state index in [4.69, 9.17) is 11.6 Å². The summed E-state index contributed by atoms with van der Waals surface area (Å²) in [6.07, 6.45) is 5.36. The van der Waals surface area contributed by atoms with Crippen LogP contribution in [0.1, 0.15) is 69.8 Å². The molecule has 4 aromatic carbocycles. The van der Waals surface area contributed by atoms with E-state index in [1.54, 1.807) is 4.90 Å². The molecule has 0 radical (unpaired) electrons. The van der Waals surface area contributed by atoms with E-state index in [1.807, 2.05) is 119 Å². The fourth-order valence-corrected chi connectivity index (χ4v) is 7.46. The number of fused-ring (bicyclic) bond motifs is 1. The van der Waals surface area contributed by atoms with Crippen LogP contribution in [-0.4, -0.2) is 86.2 Å². The molecule has 8 rings (SSSR count). The molecule has 1 saturated heterocycles. The number of aryl methyl sites for hydroxylation is 4. The van der Waals surface area contributed by atoms with E-state index < -0.39 is 11.8 Å². The molecule has 1 aliphatic heterocycles. The Bertz CT molecular complexity index is 2710. The lowest BCUT2D eigenvalue weighted by molar-refractivity contribution is 0.0736. The third-order valence-electron chi connectivity index (χ3n) is 10.5. The molecule has 0 bridgehead atoms. The highest BCUT2D eigenvalue weighted by atomic mass is 35.5. The fourth-order valence-electron chi connectivity index (χ4n) is 7.28. The van der Waals surface area contributed by atoms with Crippen LogP contribution in [0.2, 0.25) is 5.02 Å². The number of aromatic amines is 3. The Morgan fingerprint density at radius 2 is 1.28 bits per heavy atom. The molecule has 0 spiro atoms. The lowest BCUT2D eigenvalue weighted by Gasteiger charge is -2.36. The van der Waals surface area contributed by atoms with E-state index in [-0.39, 0.29) is 34.6 Å². The number of para-hydroxylation sites is 1. The second-order valence-corrected chi connectivity index (χ2v) is 15.4. The minimum atomic E-state index is -0.426. The Morgan fingerprint density at radius 1 is 0.672 bits per heavy atom. The largest absolute Gasteiger partial charge is 0.368 e. The van der Waals surface area contributed by atoms with Crippen LogP contribution in [0.3, 0.4) is 0 Å². The number of nitrogens with zero attached hydrogens (tertiary/aromatic N) is 4. The number of halogens is 1. The first-order valence-electron chi connectivity index (χ1n) is 19.9. The monoisotopic (exact) mass is 838 g/mol. The Kier molecular flexibility index (Phi) is 12.9. The number of rotatable bonds is 10. The second kappa shape index (κ2) is 18.8. The van der Waals surface area contributed by atoms with Crippen molar-refractivity contribution in [3.8, 4) is 0 Å². The van der Waals surface area contributed by atoms with Crippen molar-refractivity contribution in [2.45, 2.75) is 34.1 Å². The molecule has 6 N–H and O–H groups in total. The molecule has 4 amide bonds. The Balaban J connectivity index is 0.000000184. The molecular formula is C46H47ClN10O4. The maximum absolute atomic E-state index is 13.1. The molecule has 1 aliphatic rings. The van der Waals surface area contributed by atoms with Gasteiger partial charge in [-0.3, -0.25) is 19.2 Å². The molecule has 312 valence electrons. The maximum Gasteiger partial charge on any atom is 0.276 e. The lowest BCUT2D eigenvalue weighted by atomic mass is 10.1. The quantitative estimate of drug-likeness (QED) is 0.0818. The number of benzene rings is 4. The lowest BCUT2D eigenvalue weighted by Crippen LogP contribution is -2.49. The van der Waals surface area contributed by atoms with Gasteiger partial charge in [0, 0.05) is 71.9 Å². The molecule has 15 heteroatoms. The van der Waals surface area contributed by atoms with Gasteiger partial charge in [-0.25, -0.2) is 9.97 Å². The fraction of sp³-hybridized carbons (Fsp3) is 0.217.